The van der Waals surface area contributed by atoms with Gasteiger partial charge in [0.15, 0.2) is 5.78 Å². The molecule has 0 heterocycles. The van der Waals surface area contributed by atoms with Crippen LogP contribution in [0.4, 0.5) is 0 Å². The minimum absolute atomic E-state index is 0.0349. The van der Waals surface area contributed by atoms with Gasteiger partial charge in [-0.05, 0) is 31.5 Å². The quantitative estimate of drug-likeness (QED) is 0.720. The second-order valence-electron chi connectivity index (χ2n) is 3.73. The molecule has 1 unspecified atom stereocenters. The van der Waals surface area contributed by atoms with E-state index in [0.717, 1.165) is 6.42 Å². The first-order valence-corrected chi connectivity index (χ1v) is 6.46. The molecule has 0 saturated heterocycles. The van der Waals surface area contributed by atoms with Crippen molar-refractivity contribution in [3.05, 3.63) is 33.8 Å². The summed E-state index contributed by atoms with van der Waals surface area (Å²) in [5.74, 6) is -0.0349. The van der Waals surface area contributed by atoms with Crippen molar-refractivity contribution in [2.24, 2.45) is 0 Å². The van der Waals surface area contributed by atoms with Crippen LogP contribution in [0.15, 0.2) is 18.2 Å². The van der Waals surface area contributed by atoms with E-state index in [9.17, 15) is 4.79 Å². The number of hydrogen-bond donors (Lipinski definition) is 0. The summed E-state index contributed by atoms with van der Waals surface area (Å²) in [5, 5.41) is 0.843. The lowest BCUT2D eigenvalue weighted by Gasteiger charge is -2.15. The molecule has 1 aromatic rings. The predicted octanol–water partition coefficient (Wildman–Crippen LogP) is 4.38. The van der Waals surface area contributed by atoms with E-state index in [0.29, 0.717) is 28.6 Å². The lowest BCUT2D eigenvalue weighted by atomic mass is 10.0. The molecular formula is C13H16Cl2O2. The highest BCUT2D eigenvalue weighted by Crippen LogP contribution is 2.24. The van der Waals surface area contributed by atoms with E-state index in [2.05, 4.69) is 0 Å². The number of Topliss-reactive ketones (excluding diaryl/α,β-unsaturated/α-hetero) is 1. The molecule has 94 valence electrons. The fourth-order valence-corrected chi connectivity index (χ4v) is 1.89. The number of ether oxygens (including phenoxy) is 1. The van der Waals surface area contributed by atoms with Crippen molar-refractivity contribution in [3.8, 4) is 0 Å². The molecule has 0 amide bonds. The number of benzene rings is 1. The highest BCUT2D eigenvalue weighted by molar-refractivity contribution is 6.42. The molecule has 0 fully saturated rings. The Hall–Kier alpha value is -0.570. The van der Waals surface area contributed by atoms with Crippen LogP contribution in [0.3, 0.4) is 0 Å². The molecule has 0 aliphatic carbocycles. The lowest BCUT2D eigenvalue weighted by molar-refractivity contribution is 0.0423. The Bertz CT molecular complexity index is 385. The standard InChI is InChI=1S/C13H16Cl2O2/c1-3-5-12(17-4-2)13(16)9-6-7-10(14)11(15)8-9/h6-8,12H,3-5H2,1-2H3. The van der Waals surface area contributed by atoms with Crippen molar-refractivity contribution in [1.29, 1.82) is 0 Å². The summed E-state index contributed by atoms with van der Waals surface area (Å²) in [6, 6.07) is 4.90. The van der Waals surface area contributed by atoms with E-state index in [1.807, 2.05) is 13.8 Å². The average Bonchev–Trinajstić information content (AvgIpc) is 2.31. The maximum Gasteiger partial charge on any atom is 0.191 e. The van der Waals surface area contributed by atoms with Crippen LogP contribution in [-0.4, -0.2) is 18.5 Å². The zero-order valence-electron chi connectivity index (χ0n) is 10.0. The van der Waals surface area contributed by atoms with Crippen molar-refractivity contribution >= 4 is 29.0 Å². The molecule has 1 aromatic carbocycles. The molecule has 0 aromatic heterocycles. The lowest BCUT2D eigenvalue weighted by Crippen LogP contribution is -2.24. The number of carbonyl (C=O) groups excluding carboxylic acids is 1. The predicted molar refractivity (Wildman–Crippen MR) is 71.1 cm³/mol. The summed E-state index contributed by atoms with van der Waals surface area (Å²) in [4.78, 5) is 12.2. The van der Waals surface area contributed by atoms with Gasteiger partial charge >= 0.3 is 0 Å². The van der Waals surface area contributed by atoms with E-state index in [1.165, 1.54) is 0 Å². The molecule has 0 spiro atoms. The van der Waals surface area contributed by atoms with Gasteiger partial charge in [0.05, 0.1) is 10.0 Å². The summed E-state index contributed by atoms with van der Waals surface area (Å²) in [5.41, 5.74) is 0.548. The maximum absolute atomic E-state index is 12.2. The van der Waals surface area contributed by atoms with Crippen LogP contribution in [-0.2, 0) is 4.74 Å². The summed E-state index contributed by atoms with van der Waals surface area (Å²) < 4.78 is 5.44. The van der Waals surface area contributed by atoms with Gasteiger partial charge < -0.3 is 4.74 Å². The Morgan fingerprint density at radius 3 is 2.53 bits per heavy atom. The topological polar surface area (TPSA) is 26.3 Å². The fourth-order valence-electron chi connectivity index (χ4n) is 1.59. The Balaban J connectivity index is 2.88. The van der Waals surface area contributed by atoms with Crippen LogP contribution >= 0.6 is 23.2 Å². The molecule has 2 nitrogen and oxygen atoms in total. The molecule has 0 radical (unpaired) electrons. The van der Waals surface area contributed by atoms with Crippen LogP contribution in [0.5, 0.6) is 0 Å². The van der Waals surface area contributed by atoms with Gasteiger partial charge in [0.25, 0.3) is 0 Å². The van der Waals surface area contributed by atoms with Crippen molar-refractivity contribution in [2.45, 2.75) is 32.8 Å². The Labute approximate surface area is 112 Å². The fraction of sp³-hybridized carbons (Fsp3) is 0.462. The highest BCUT2D eigenvalue weighted by Gasteiger charge is 2.19. The van der Waals surface area contributed by atoms with Crippen LogP contribution in [0.1, 0.15) is 37.0 Å². The molecule has 4 heteroatoms. The number of halogens is 2. The molecule has 0 N–H and O–H groups in total. The third kappa shape index (κ3) is 3.98. The van der Waals surface area contributed by atoms with E-state index >= 15 is 0 Å². The first-order chi connectivity index (χ1) is 8.10. The summed E-state index contributed by atoms with van der Waals surface area (Å²) >= 11 is 11.7. The Morgan fingerprint density at radius 1 is 1.29 bits per heavy atom. The second-order valence-corrected chi connectivity index (χ2v) is 4.54. The van der Waals surface area contributed by atoms with Gasteiger partial charge in [-0.2, -0.15) is 0 Å². The average molecular weight is 275 g/mol. The van der Waals surface area contributed by atoms with E-state index in [-0.39, 0.29) is 11.9 Å². The SMILES string of the molecule is CCCC(OCC)C(=O)c1ccc(Cl)c(Cl)c1. The zero-order valence-corrected chi connectivity index (χ0v) is 11.5. The van der Waals surface area contributed by atoms with Crippen molar-refractivity contribution in [1.82, 2.24) is 0 Å². The van der Waals surface area contributed by atoms with Gasteiger partial charge in [0.1, 0.15) is 6.10 Å². The first kappa shape index (κ1) is 14.5. The largest absolute Gasteiger partial charge is 0.370 e. The summed E-state index contributed by atoms with van der Waals surface area (Å²) in [7, 11) is 0. The van der Waals surface area contributed by atoms with Gasteiger partial charge in [0.2, 0.25) is 0 Å². The number of hydrogen-bond acceptors (Lipinski definition) is 2. The van der Waals surface area contributed by atoms with Crippen LogP contribution in [0, 0.1) is 0 Å². The zero-order chi connectivity index (χ0) is 12.8. The number of rotatable bonds is 6. The minimum atomic E-state index is -0.387. The van der Waals surface area contributed by atoms with Crippen molar-refractivity contribution in [3.63, 3.8) is 0 Å². The third-order valence-corrected chi connectivity index (χ3v) is 3.15. The monoisotopic (exact) mass is 274 g/mol. The minimum Gasteiger partial charge on any atom is -0.370 e. The molecule has 0 aliphatic rings. The smallest absolute Gasteiger partial charge is 0.191 e. The number of ketones is 1. The molecule has 0 aliphatic heterocycles. The molecule has 1 atom stereocenters. The first-order valence-electron chi connectivity index (χ1n) is 5.71. The highest BCUT2D eigenvalue weighted by atomic mass is 35.5. The van der Waals surface area contributed by atoms with Crippen molar-refractivity contribution in [2.75, 3.05) is 6.61 Å². The number of carbonyl (C=O) groups is 1. The maximum atomic E-state index is 12.2. The summed E-state index contributed by atoms with van der Waals surface area (Å²) in [6.45, 7) is 4.43. The Kier molecular flexibility index (Phi) is 5.96. The van der Waals surface area contributed by atoms with E-state index in [4.69, 9.17) is 27.9 Å². The summed E-state index contributed by atoms with van der Waals surface area (Å²) in [6.07, 6.45) is 1.23. The van der Waals surface area contributed by atoms with E-state index in [1.54, 1.807) is 18.2 Å². The van der Waals surface area contributed by atoms with Crippen LogP contribution < -0.4 is 0 Å². The normalized spacial score (nSPS) is 12.5. The van der Waals surface area contributed by atoms with Gasteiger partial charge in [0, 0.05) is 12.2 Å². The third-order valence-electron chi connectivity index (χ3n) is 2.42. The van der Waals surface area contributed by atoms with Gasteiger partial charge in [-0.3, -0.25) is 4.79 Å². The van der Waals surface area contributed by atoms with Crippen LogP contribution in [0.25, 0.3) is 0 Å². The molecular weight excluding hydrogens is 259 g/mol. The van der Waals surface area contributed by atoms with E-state index < -0.39 is 0 Å². The molecule has 0 saturated carbocycles. The molecule has 0 bridgehead atoms. The second kappa shape index (κ2) is 7.00. The van der Waals surface area contributed by atoms with Crippen LogP contribution in [0.2, 0.25) is 10.0 Å². The van der Waals surface area contributed by atoms with Gasteiger partial charge in [-0.15, -0.1) is 0 Å². The Morgan fingerprint density at radius 2 is 2.00 bits per heavy atom. The van der Waals surface area contributed by atoms with Gasteiger partial charge in [-0.25, -0.2) is 0 Å². The molecule has 17 heavy (non-hydrogen) atoms. The molecule has 1 rings (SSSR count). The van der Waals surface area contributed by atoms with Crippen molar-refractivity contribution < 1.29 is 9.53 Å². The van der Waals surface area contributed by atoms with Gasteiger partial charge in [-0.1, -0.05) is 36.5 Å².